The van der Waals surface area contributed by atoms with E-state index < -0.39 is 0 Å². The molecule has 0 aromatic heterocycles. The number of rotatable bonds is 5. The summed E-state index contributed by atoms with van der Waals surface area (Å²) in [5, 5.41) is 0. The van der Waals surface area contributed by atoms with Crippen LogP contribution in [0, 0.1) is 6.92 Å². The van der Waals surface area contributed by atoms with Crippen molar-refractivity contribution in [3.05, 3.63) is 23.3 Å². The topological polar surface area (TPSA) is 35.5 Å². The average Bonchev–Trinajstić information content (AvgIpc) is 2.46. The summed E-state index contributed by atoms with van der Waals surface area (Å²) >= 11 is 0. The molecule has 21 heavy (non-hydrogen) atoms. The molecular weight excluding hydrogens is 278 g/mol. The molecule has 1 saturated carbocycles. The molecule has 0 bridgehead atoms. The fourth-order valence-electron chi connectivity index (χ4n) is 2.69. The molecule has 0 saturated heterocycles. The van der Waals surface area contributed by atoms with Gasteiger partial charge in [-0.1, -0.05) is 32.1 Å². The van der Waals surface area contributed by atoms with Crippen LogP contribution in [0.5, 0.6) is 11.5 Å². The Hall–Kier alpha value is -0.483. The smallest absolute Gasteiger partial charge is 0.496 e. The first-order valence-corrected chi connectivity index (χ1v) is 8.10. The van der Waals surface area contributed by atoms with Crippen molar-refractivity contribution in [2.75, 3.05) is 14.2 Å². The van der Waals surface area contributed by atoms with E-state index in [0.29, 0.717) is 22.7 Å². The first-order valence-electron chi connectivity index (χ1n) is 7.13. The van der Waals surface area contributed by atoms with E-state index in [1.165, 1.54) is 19.3 Å². The van der Waals surface area contributed by atoms with Crippen LogP contribution < -0.4 is 28.3 Å². The largest absolute Gasteiger partial charge is 1.00 e. The van der Waals surface area contributed by atoms with Crippen molar-refractivity contribution >= 4 is 14.1 Å². The number of benzene rings is 1. The summed E-state index contributed by atoms with van der Waals surface area (Å²) in [6.07, 6.45) is 6.10. The maximum Gasteiger partial charge on any atom is 1.00 e. The van der Waals surface area contributed by atoms with Crippen LogP contribution in [0.4, 0.5) is 0 Å². The van der Waals surface area contributed by atoms with Gasteiger partial charge in [0.05, 0.1) is 19.8 Å². The normalized spacial score (nSPS) is 15.8. The van der Waals surface area contributed by atoms with Crippen LogP contribution in [0.2, 0.25) is 0 Å². The number of methoxy groups -OCH3 is 2. The van der Waals surface area contributed by atoms with E-state index in [9.17, 15) is 4.79 Å². The molecule has 1 aromatic rings. The van der Waals surface area contributed by atoms with Gasteiger partial charge in [-0.15, -0.1) is 0 Å². The van der Waals surface area contributed by atoms with E-state index in [1.54, 1.807) is 14.2 Å². The molecule has 0 unspecified atom stereocenters. The summed E-state index contributed by atoms with van der Waals surface area (Å²) in [4.78, 5) is 12.6. The molecule has 3 nitrogen and oxygen atoms in total. The Morgan fingerprint density at radius 3 is 2.10 bits per heavy atom. The van der Waals surface area contributed by atoms with Gasteiger partial charge in [0, 0.05) is 5.52 Å². The van der Waals surface area contributed by atoms with Crippen LogP contribution in [-0.4, -0.2) is 25.4 Å². The maximum absolute atomic E-state index is 12.6. The second-order valence-electron chi connectivity index (χ2n) is 5.27. The second-order valence-corrected chi connectivity index (χ2v) is 6.67. The molecule has 2 rings (SSSR count). The number of aryl methyl sites for hydroxylation is 1. The molecule has 0 heterocycles. The quantitative estimate of drug-likeness (QED) is 0.610. The molecule has 1 aromatic carbocycles. The van der Waals surface area contributed by atoms with Crippen LogP contribution in [0.3, 0.4) is 0 Å². The molecule has 110 valence electrons. The number of carbonyl (C=O) groups excluding carboxylic acids is 1. The fraction of sp³-hybridized carbons (Fsp3) is 0.562. The second kappa shape index (κ2) is 8.84. The van der Waals surface area contributed by atoms with Gasteiger partial charge < -0.3 is 22.8 Å². The number of carbonyl (C=O) groups is 1. The van der Waals surface area contributed by atoms with Gasteiger partial charge >= 0.3 is 18.9 Å². The third kappa shape index (κ3) is 4.75. The van der Waals surface area contributed by atoms with Crippen LogP contribution in [-0.2, 0) is 0 Å². The number of hydrogen-bond acceptors (Lipinski definition) is 3. The van der Waals surface area contributed by atoms with Gasteiger partial charge in [0.1, 0.15) is 11.5 Å². The van der Waals surface area contributed by atoms with Crippen LogP contribution in [0.25, 0.3) is 0 Å². The average molecular weight is 300 g/mol. The van der Waals surface area contributed by atoms with Gasteiger partial charge in [-0.05, 0) is 24.6 Å². The van der Waals surface area contributed by atoms with Crippen LogP contribution in [0.15, 0.2) is 12.1 Å². The zero-order chi connectivity index (χ0) is 14.5. The van der Waals surface area contributed by atoms with E-state index in [1.807, 2.05) is 19.1 Å². The fourth-order valence-corrected chi connectivity index (χ4v) is 4.00. The van der Waals surface area contributed by atoms with E-state index in [4.69, 9.17) is 9.47 Å². The van der Waals surface area contributed by atoms with Gasteiger partial charge in [-0.3, -0.25) is 0 Å². The van der Waals surface area contributed by atoms with E-state index in [0.717, 1.165) is 27.0 Å². The van der Waals surface area contributed by atoms with Crippen molar-refractivity contribution in [2.45, 2.75) is 44.7 Å². The van der Waals surface area contributed by atoms with E-state index in [2.05, 4.69) is 0 Å². The monoisotopic (exact) mass is 300 g/mol. The summed E-state index contributed by atoms with van der Waals surface area (Å²) in [7, 11) is 4.08. The Morgan fingerprint density at radius 2 is 1.62 bits per heavy atom. The maximum atomic E-state index is 12.6. The zero-order valence-electron chi connectivity index (χ0n) is 13.4. The van der Waals surface area contributed by atoms with Crippen molar-refractivity contribution in [1.82, 2.24) is 0 Å². The standard InChI is InChI=1S/C16H22O3P.Li/c1-11-9-13(18-2)15(14(10-11)19-3)16(17)20-12-7-5-4-6-8-12;/h9-10,12H,4-8H2,1-3H3;/q-1;+1. The van der Waals surface area contributed by atoms with Crippen LogP contribution in [0.1, 0.15) is 48.0 Å². The predicted molar refractivity (Wildman–Crippen MR) is 82.4 cm³/mol. The molecule has 0 N–H and O–H groups in total. The SMILES string of the molecule is COc1cc(C)cc(OC)c1C(=O)[P-]C1CCCCC1.[Li+]. The minimum absolute atomic E-state index is 0. The summed E-state index contributed by atoms with van der Waals surface area (Å²) in [6.45, 7) is 1.97. The molecule has 0 radical (unpaired) electrons. The Labute approximate surface area is 141 Å². The van der Waals surface area contributed by atoms with Crippen LogP contribution >= 0.6 is 8.58 Å². The summed E-state index contributed by atoms with van der Waals surface area (Å²) in [6, 6.07) is 3.79. The Bertz CT molecular complexity index is 459. The molecule has 1 fully saturated rings. The third-order valence-electron chi connectivity index (χ3n) is 3.74. The van der Waals surface area contributed by atoms with Crippen molar-refractivity contribution < 1.29 is 33.1 Å². The van der Waals surface area contributed by atoms with Gasteiger partial charge in [0.25, 0.3) is 0 Å². The number of hydrogen-bond donors (Lipinski definition) is 0. The molecule has 0 atom stereocenters. The zero-order valence-corrected chi connectivity index (χ0v) is 14.3. The molecule has 1 aliphatic rings. The van der Waals surface area contributed by atoms with Crippen molar-refractivity contribution in [3.63, 3.8) is 0 Å². The van der Waals surface area contributed by atoms with E-state index in [-0.39, 0.29) is 24.4 Å². The summed E-state index contributed by atoms with van der Waals surface area (Å²) in [5.74, 6) is 1.24. The Kier molecular flexibility index (Phi) is 7.81. The minimum atomic E-state index is 0. The first-order chi connectivity index (χ1) is 9.65. The molecule has 0 amide bonds. The minimum Gasteiger partial charge on any atom is -0.496 e. The van der Waals surface area contributed by atoms with Gasteiger partial charge in [-0.2, -0.15) is 5.66 Å². The third-order valence-corrected chi connectivity index (χ3v) is 5.08. The predicted octanol–water partition coefficient (Wildman–Crippen LogP) is 1.44. The Morgan fingerprint density at radius 1 is 1.10 bits per heavy atom. The van der Waals surface area contributed by atoms with Gasteiger partial charge in [0.15, 0.2) is 0 Å². The summed E-state index contributed by atoms with van der Waals surface area (Å²) < 4.78 is 10.7. The molecule has 5 heteroatoms. The van der Waals surface area contributed by atoms with Gasteiger partial charge in [-0.25, -0.2) is 0 Å². The molecule has 1 aliphatic carbocycles. The first kappa shape index (κ1) is 18.6. The molecule has 0 aliphatic heterocycles. The van der Waals surface area contributed by atoms with Crippen molar-refractivity contribution in [3.8, 4) is 11.5 Å². The Balaban J connectivity index is 0.00000220. The van der Waals surface area contributed by atoms with Crippen molar-refractivity contribution in [1.29, 1.82) is 0 Å². The van der Waals surface area contributed by atoms with E-state index >= 15 is 0 Å². The van der Waals surface area contributed by atoms with Crippen molar-refractivity contribution in [2.24, 2.45) is 0 Å². The number of ether oxygens (including phenoxy) is 2. The summed E-state index contributed by atoms with van der Waals surface area (Å²) in [5.41, 5.74) is 2.23. The van der Waals surface area contributed by atoms with Gasteiger partial charge in [0.2, 0.25) is 0 Å². The molecule has 0 spiro atoms. The molecular formula is C16H22LiO3P.